The number of aromatic nitrogens is 1. The summed E-state index contributed by atoms with van der Waals surface area (Å²) in [7, 11) is 0. The van der Waals surface area contributed by atoms with Gasteiger partial charge in [-0.1, -0.05) is 13.0 Å². The predicted octanol–water partition coefficient (Wildman–Crippen LogP) is 2.38. The van der Waals surface area contributed by atoms with Gasteiger partial charge in [-0.25, -0.2) is 0 Å². The molecule has 1 saturated carbocycles. The van der Waals surface area contributed by atoms with Gasteiger partial charge in [0.05, 0.1) is 0 Å². The molecule has 62 valence electrons. The van der Waals surface area contributed by atoms with Crippen LogP contribution in [-0.4, -0.2) is 4.98 Å². The molecule has 1 fully saturated rings. The fourth-order valence-corrected chi connectivity index (χ4v) is 2.64. The first-order valence-corrected chi connectivity index (χ1v) is 4.80. The molecule has 2 aliphatic carbocycles. The van der Waals surface area contributed by atoms with Crippen LogP contribution < -0.4 is 0 Å². The minimum atomic E-state index is 0.722. The Bertz CT molecular complexity index is 319. The van der Waals surface area contributed by atoms with Crippen LogP contribution in [0.2, 0.25) is 0 Å². The van der Waals surface area contributed by atoms with Crippen LogP contribution >= 0.6 is 0 Å². The molecule has 0 radical (unpaired) electrons. The second-order valence-electron chi connectivity index (χ2n) is 4.20. The van der Waals surface area contributed by atoms with Crippen LogP contribution in [0.3, 0.4) is 0 Å². The highest BCUT2D eigenvalue weighted by Gasteiger charge is 2.45. The van der Waals surface area contributed by atoms with Crippen molar-refractivity contribution in [2.45, 2.75) is 25.7 Å². The van der Waals surface area contributed by atoms with E-state index >= 15 is 0 Å². The second kappa shape index (κ2) is 2.09. The average molecular weight is 159 g/mol. The summed E-state index contributed by atoms with van der Waals surface area (Å²) in [6, 6.07) is 4.31. The largest absolute Gasteiger partial charge is 0.261 e. The molecule has 12 heavy (non-hydrogen) atoms. The fraction of sp³-hybridized carbons (Fsp3) is 0.545. The van der Waals surface area contributed by atoms with E-state index in [0.29, 0.717) is 0 Å². The summed E-state index contributed by atoms with van der Waals surface area (Å²) < 4.78 is 0. The first kappa shape index (κ1) is 6.64. The van der Waals surface area contributed by atoms with E-state index in [4.69, 9.17) is 0 Å². The van der Waals surface area contributed by atoms with Crippen molar-refractivity contribution in [1.82, 2.24) is 4.98 Å². The molecule has 0 amide bonds. The molecule has 3 rings (SSSR count). The van der Waals surface area contributed by atoms with Crippen molar-refractivity contribution >= 4 is 0 Å². The molecular weight excluding hydrogens is 146 g/mol. The quantitative estimate of drug-likeness (QED) is 0.566. The van der Waals surface area contributed by atoms with Crippen LogP contribution in [0.25, 0.3) is 0 Å². The van der Waals surface area contributed by atoms with E-state index in [1.54, 1.807) is 0 Å². The van der Waals surface area contributed by atoms with E-state index < -0.39 is 0 Å². The molecule has 0 aromatic carbocycles. The molecule has 0 bridgehead atoms. The van der Waals surface area contributed by atoms with E-state index in [1.165, 1.54) is 24.1 Å². The maximum atomic E-state index is 4.48. The van der Waals surface area contributed by atoms with E-state index in [9.17, 15) is 0 Å². The SMILES string of the molecule is C[C@@H]1c2ncccc2CC2CC21. The van der Waals surface area contributed by atoms with Crippen molar-refractivity contribution in [3.05, 3.63) is 29.6 Å². The number of hydrogen-bond donors (Lipinski definition) is 0. The summed E-state index contributed by atoms with van der Waals surface area (Å²) in [6.45, 7) is 2.33. The van der Waals surface area contributed by atoms with Gasteiger partial charge >= 0.3 is 0 Å². The molecule has 0 aliphatic heterocycles. The van der Waals surface area contributed by atoms with Gasteiger partial charge in [0.2, 0.25) is 0 Å². The second-order valence-corrected chi connectivity index (χ2v) is 4.20. The van der Waals surface area contributed by atoms with Crippen LogP contribution in [0.4, 0.5) is 0 Å². The van der Waals surface area contributed by atoms with Crippen molar-refractivity contribution in [3.63, 3.8) is 0 Å². The van der Waals surface area contributed by atoms with E-state index in [2.05, 4.69) is 24.0 Å². The highest BCUT2D eigenvalue weighted by molar-refractivity contribution is 5.30. The molecule has 0 spiro atoms. The monoisotopic (exact) mass is 159 g/mol. The summed E-state index contributed by atoms with van der Waals surface area (Å²) in [5, 5.41) is 0. The molecule has 1 aromatic heterocycles. The molecule has 1 heteroatoms. The Morgan fingerprint density at radius 1 is 1.50 bits per heavy atom. The highest BCUT2D eigenvalue weighted by Crippen LogP contribution is 2.53. The molecule has 1 aromatic rings. The van der Waals surface area contributed by atoms with Crippen molar-refractivity contribution in [1.29, 1.82) is 0 Å². The topological polar surface area (TPSA) is 12.9 Å². The highest BCUT2D eigenvalue weighted by atomic mass is 14.7. The summed E-state index contributed by atoms with van der Waals surface area (Å²) >= 11 is 0. The smallest absolute Gasteiger partial charge is 0.0466 e. The zero-order chi connectivity index (χ0) is 8.13. The number of fused-ring (bicyclic) bond motifs is 2. The van der Waals surface area contributed by atoms with Gasteiger partial charge in [-0.3, -0.25) is 4.98 Å². The van der Waals surface area contributed by atoms with Crippen molar-refractivity contribution in [3.8, 4) is 0 Å². The first-order valence-electron chi connectivity index (χ1n) is 4.80. The molecule has 0 N–H and O–H groups in total. The van der Waals surface area contributed by atoms with Gasteiger partial charge in [0.1, 0.15) is 0 Å². The Morgan fingerprint density at radius 3 is 3.33 bits per heavy atom. The average Bonchev–Trinajstić information content (AvgIpc) is 2.84. The normalized spacial score (nSPS) is 36.9. The number of rotatable bonds is 0. The first-order chi connectivity index (χ1) is 5.86. The minimum absolute atomic E-state index is 0.722. The summed E-state index contributed by atoms with van der Waals surface area (Å²) in [5.74, 6) is 2.68. The molecule has 0 saturated heterocycles. The third-order valence-electron chi connectivity index (χ3n) is 3.46. The zero-order valence-corrected chi connectivity index (χ0v) is 7.33. The van der Waals surface area contributed by atoms with Crippen LogP contribution in [0.5, 0.6) is 0 Å². The van der Waals surface area contributed by atoms with Gasteiger partial charge in [-0.15, -0.1) is 0 Å². The Hall–Kier alpha value is -0.850. The third-order valence-corrected chi connectivity index (χ3v) is 3.46. The Kier molecular flexibility index (Phi) is 1.16. The summed E-state index contributed by atoms with van der Waals surface area (Å²) in [5.41, 5.74) is 2.88. The summed E-state index contributed by atoms with van der Waals surface area (Å²) in [6.07, 6.45) is 4.66. The predicted molar refractivity (Wildman–Crippen MR) is 48.0 cm³/mol. The number of pyridine rings is 1. The lowest BCUT2D eigenvalue weighted by molar-refractivity contribution is 0.541. The molecule has 2 aliphatic rings. The van der Waals surface area contributed by atoms with Crippen LogP contribution in [-0.2, 0) is 6.42 Å². The maximum Gasteiger partial charge on any atom is 0.0466 e. The van der Waals surface area contributed by atoms with Crippen molar-refractivity contribution < 1.29 is 0 Å². The van der Waals surface area contributed by atoms with Crippen molar-refractivity contribution in [2.24, 2.45) is 11.8 Å². The van der Waals surface area contributed by atoms with Crippen LogP contribution in [0, 0.1) is 11.8 Å². The van der Waals surface area contributed by atoms with Gasteiger partial charge in [-0.05, 0) is 36.3 Å². The molecule has 2 unspecified atom stereocenters. The zero-order valence-electron chi connectivity index (χ0n) is 7.33. The lowest BCUT2D eigenvalue weighted by Crippen LogP contribution is -2.11. The Balaban J connectivity index is 2.11. The van der Waals surface area contributed by atoms with Gasteiger partial charge < -0.3 is 0 Å². The van der Waals surface area contributed by atoms with Gasteiger partial charge in [0, 0.05) is 17.8 Å². The lowest BCUT2D eigenvalue weighted by Gasteiger charge is -2.19. The minimum Gasteiger partial charge on any atom is -0.261 e. The van der Waals surface area contributed by atoms with Crippen molar-refractivity contribution in [2.75, 3.05) is 0 Å². The molecule has 1 heterocycles. The number of nitrogens with zero attached hydrogens (tertiary/aromatic N) is 1. The molecule has 3 atom stereocenters. The molecule has 1 nitrogen and oxygen atoms in total. The number of hydrogen-bond acceptors (Lipinski definition) is 1. The summed E-state index contributed by atoms with van der Waals surface area (Å²) in [4.78, 5) is 4.48. The van der Waals surface area contributed by atoms with E-state index in [1.807, 2.05) is 6.20 Å². The lowest BCUT2D eigenvalue weighted by atomic mass is 9.88. The standard InChI is InChI=1S/C11H13N/c1-7-10-6-9(10)5-8-3-2-4-12-11(7)8/h2-4,7,9-10H,5-6H2,1H3/t7-,9?,10?/m0/s1. The van der Waals surface area contributed by atoms with Gasteiger partial charge in [0.25, 0.3) is 0 Å². The van der Waals surface area contributed by atoms with Gasteiger partial charge in [-0.2, -0.15) is 0 Å². The van der Waals surface area contributed by atoms with E-state index in [-0.39, 0.29) is 0 Å². The maximum absolute atomic E-state index is 4.48. The Morgan fingerprint density at radius 2 is 2.42 bits per heavy atom. The van der Waals surface area contributed by atoms with E-state index in [0.717, 1.165) is 17.8 Å². The van der Waals surface area contributed by atoms with Crippen LogP contribution in [0.1, 0.15) is 30.5 Å². The van der Waals surface area contributed by atoms with Gasteiger partial charge in [0.15, 0.2) is 0 Å². The third kappa shape index (κ3) is 0.767. The Labute approximate surface area is 72.8 Å². The molecular formula is C11H13N. The van der Waals surface area contributed by atoms with Crippen LogP contribution in [0.15, 0.2) is 18.3 Å². The fourth-order valence-electron chi connectivity index (χ4n) is 2.64.